The van der Waals surface area contributed by atoms with Crippen molar-refractivity contribution in [3.8, 4) is 0 Å². The molecule has 0 aliphatic carbocycles. The fraction of sp³-hybridized carbons (Fsp3) is 0.222. The van der Waals surface area contributed by atoms with Crippen LogP contribution in [0.15, 0.2) is 24.3 Å². The second-order valence-corrected chi connectivity index (χ2v) is 3.34. The molecule has 1 aromatic rings. The normalized spacial score (nSPS) is 12.1. The van der Waals surface area contributed by atoms with Gasteiger partial charge in [-0.25, -0.2) is 0 Å². The van der Waals surface area contributed by atoms with Crippen LogP contribution >= 0.6 is 11.6 Å². The van der Waals surface area contributed by atoms with Gasteiger partial charge in [0.25, 0.3) is 5.69 Å². The predicted octanol–water partition coefficient (Wildman–Crippen LogP) is 1.94. The van der Waals surface area contributed by atoms with Gasteiger partial charge in [-0.15, -0.1) is 11.6 Å². The third kappa shape index (κ3) is 2.81. The quantitative estimate of drug-likeness (QED) is 0.332. The molecule has 14 heavy (non-hydrogen) atoms. The number of aldehydes is 1. The average Bonchev–Trinajstić information content (AvgIpc) is 2.18. The molecule has 1 rings (SSSR count). The first-order chi connectivity index (χ1) is 6.63. The Bertz CT molecular complexity index is 336. The van der Waals surface area contributed by atoms with E-state index >= 15 is 0 Å². The summed E-state index contributed by atoms with van der Waals surface area (Å²) >= 11 is 5.60. The van der Waals surface area contributed by atoms with Gasteiger partial charge < -0.3 is 4.79 Å². The highest BCUT2D eigenvalue weighted by Crippen LogP contribution is 2.13. The number of nitro groups is 1. The number of carbonyl (C=O) groups excluding carboxylic acids is 1. The van der Waals surface area contributed by atoms with Crippen molar-refractivity contribution in [2.45, 2.75) is 11.8 Å². The van der Waals surface area contributed by atoms with Crippen LogP contribution in [0.3, 0.4) is 0 Å². The van der Waals surface area contributed by atoms with Crippen LogP contribution < -0.4 is 0 Å². The van der Waals surface area contributed by atoms with Crippen molar-refractivity contribution < 1.29 is 9.72 Å². The number of halogens is 1. The minimum Gasteiger partial charge on any atom is -0.302 e. The van der Waals surface area contributed by atoms with Crippen molar-refractivity contribution in [3.05, 3.63) is 39.9 Å². The van der Waals surface area contributed by atoms with Gasteiger partial charge in [-0.1, -0.05) is 12.1 Å². The number of carbonyl (C=O) groups is 1. The van der Waals surface area contributed by atoms with Crippen LogP contribution in [0.5, 0.6) is 0 Å². The van der Waals surface area contributed by atoms with E-state index < -0.39 is 10.3 Å². The van der Waals surface area contributed by atoms with Crippen LogP contribution in [-0.2, 0) is 11.2 Å². The molecular weight excluding hydrogens is 206 g/mol. The maximum absolute atomic E-state index is 10.3. The van der Waals surface area contributed by atoms with Gasteiger partial charge in [0.15, 0.2) is 0 Å². The zero-order valence-electron chi connectivity index (χ0n) is 7.22. The van der Waals surface area contributed by atoms with E-state index in [9.17, 15) is 14.9 Å². The van der Waals surface area contributed by atoms with Gasteiger partial charge in [-0.2, -0.15) is 0 Å². The first-order valence-electron chi connectivity index (χ1n) is 3.96. The highest BCUT2D eigenvalue weighted by molar-refractivity contribution is 6.27. The molecule has 0 saturated heterocycles. The Balaban J connectivity index is 2.73. The number of non-ortho nitro benzene ring substituents is 1. The second-order valence-electron chi connectivity index (χ2n) is 2.78. The Morgan fingerprint density at radius 2 is 2.00 bits per heavy atom. The molecule has 0 fully saturated rings. The molecule has 4 nitrogen and oxygen atoms in total. The molecule has 0 spiro atoms. The summed E-state index contributed by atoms with van der Waals surface area (Å²) in [6.45, 7) is 0. The zero-order chi connectivity index (χ0) is 10.6. The highest BCUT2D eigenvalue weighted by atomic mass is 35.5. The largest absolute Gasteiger partial charge is 0.302 e. The lowest BCUT2D eigenvalue weighted by Gasteiger charge is -2.00. The SMILES string of the molecule is O=C[C@H](Cl)Cc1ccc([N+](=O)[O-])cc1. The fourth-order valence-corrected chi connectivity index (χ4v) is 1.21. The summed E-state index contributed by atoms with van der Waals surface area (Å²) in [5, 5.41) is 9.74. The molecule has 0 aliphatic heterocycles. The molecule has 0 bridgehead atoms. The Hall–Kier alpha value is -1.42. The Labute approximate surface area is 85.6 Å². The molecule has 0 heterocycles. The smallest absolute Gasteiger partial charge is 0.269 e. The molecule has 0 amide bonds. The van der Waals surface area contributed by atoms with Gasteiger partial charge in [0.05, 0.1) is 10.3 Å². The first kappa shape index (κ1) is 10.7. The molecule has 74 valence electrons. The van der Waals surface area contributed by atoms with Crippen molar-refractivity contribution in [3.63, 3.8) is 0 Å². The van der Waals surface area contributed by atoms with Crippen molar-refractivity contribution >= 4 is 23.6 Å². The first-order valence-corrected chi connectivity index (χ1v) is 4.40. The summed E-state index contributed by atoms with van der Waals surface area (Å²) in [6.07, 6.45) is 1.03. The second kappa shape index (κ2) is 4.72. The number of benzene rings is 1. The number of rotatable bonds is 4. The Kier molecular flexibility index (Phi) is 3.59. The Morgan fingerprint density at radius 1 is 1.43 bits per heavy atom. The van der Waals surface area contributed by atoms with Gasteiger partial charge in [-0.3, -0.25) is 10.1 Å². The third-order valence-corrected chi connectivity index (χ3v) is 1.98. The lowest BCUT2D eigenvalue weighted by atomic mass is 10.1. The summed E-state index contributed by atoms with van der Waals surface area (Å²) in [4.78, 5) is 20.1. The van der Waals surface area contributed by atoms with E-state index in [1.165, 1.54) is 12.1 Å². The number of nitro benzene ring substituents is 1. The van der Waals surface area contributed by atoms with Crippen LogP contribution in [0.4, 0.5) is 5.69 Å². The molecule has 0 saturated carbocycles. The fourth-order valence-electron chi connectivity index (χ4n) is 1.03. The number of alkyl halides is 1. The molecule has 0 radical (unpaired) electrons. The molecule has 1 aromatic carbocycles. The maximum Gasteiger partial charge on any atom is 0.269 e. The summed E-state index contributed by atoms with van der Waals surface area (Å²) in [6, 6.07) is 5.97. The van der Waals surface area contributed by atoms with Crippen LogP contribution in [-0.4, -0.2) is 16.6 Å². The minimum atomic E-state index is -0.573. The standard InChI is InChI=1S/C9H8ClNO3/c10-8(6-12)5-7-1-3-9(4-2-7)11(13)14/h1-4,6,8H,5H2/t8-/m1/s1. The van der Waals surface area contributed by atoms with E-state index in [4.69, 9.17) is 11.6 Å². The molecular formula is C9H8ClNO3. The van der Waals surface area contributed by atoms with Gasteiger partial charge in [-0.05, 0) is 12.0 Å². The van der Waals surface area contributed by atoms with Crippen molar-refractivity contribution in [2.75, 3.05) is 0 Å². The van der Waals surface area contributed by atoms with E-state index in [1.54, 1.807) is 12.1 Å². The minimum absolute atomic E-state index is 0.0333. The monoisotopic (exact) mass is 213 g/mol. The van der Waals surface area contributed by atoms with Crippen LogP contribution in [0.2, 0.25) is 0 Å². The summed E-state index contributed by atoms with van der Waals surface area (Å²) in [7, 11) is 0. The summed E-state index contributed by atoms with van der Waals surface area (Å²) in [5.74, 6) is 0. The summed E-state index contributed by atoms with van der Waals surface area (Å²) in [5.41, 5.74) is 0.841. The number of nitrogens with zero attached hydrogens (tertiary/aromatic N) is 1. The van der Waals surface area contributed by atoms with E-state index in [2.05, 4.69) is 0 Å². The highest BCUT2D eigenvalue weighted by Gasteiger charge is 2.07. The molecule has 0 unspecified atom stereocenters. The van der Waals surface area contributed by atoms with Crippen LogP contribution in [0, 0.1) is 10.1 Å². The predicted molar refractivity (Wildman–Crippen MR) is 52.5 cm³/mol. The van der Waals surface area contributed by atoms with Gasteiger partial charge in [0.2, 0.25) is 0 Å². The zero-order valence-corrected chi connectivity index (χ0v) is 7.98. The number of hydrogen-bond acceptors (Lipinski definition) is 3. The van der Waals surface area contributed by atoms with E-state index in [0.29, 0.717) is 12.7 Å². The van der Waals surface area contributed by atoms with Crippen LogP contribution in [0.1, 0.15) is 5.56 Å². The third-order valence-electron chi connectivity index (χ3n) is 1.73. The van der Waals surface area contributed by atoms with Gasteiger partial charge in [0, 0.05) is 12.1 Å². The molecule has 0 aromatic heterocycles. The number of hydrogen-bond donors (Lipinski definition) is 0. The summed E-state index contributed by atoms with van der Waals surface area (Å²) < 4.78 is 0. The molecule has 1 atom stereocenters. The van der Waals surface area contributed by atoms with E-state index in [1.807, 2.05) is 0 Å². The van der Waals surface area contributed by atoms with Crippen molar-refractivity contribution in [1.29, 1.82) is 0 Å². The molecule has 5 heteroatoms. The topological polar surface area (TPSA) is 60.2 Å². The van der Waals surface area contributed by atoms with Gasteiger partial charge >= 0.3 is 0 Å². The van der Waals surface area contributed by atoms with E-state index in [-0.39, 0.29) is 5.69 Å². The van der Waals surface area contributed by atoms with Gasteiger partial charge in [0.1, 0.15) is 6.29 Å². The average molecular weight is 214 g/mol. The van der Waals surface area contributed by atoms with E-state index in [0.717, 1.165) is 5.56 Å². The maximum atomic E-state index is 10.3. The lowest BCUT2D eigenvalue weighted by molar-refractivity contribution is -0.384. The van der Waals surface area contributed by atoms with Crippen molar-refractivity contribution in [1.82, 2.24) is 0 Å². The van der Waals surface area contributed by atoms with Crippen LogP contribution in [0.25, 0.3) is 0 Å². The Morgan fingerprint density at radius 3 is 2.43 bits per heavy atom. The molecule has 0 N–H and O–H groups in total. The molecule has 0 aliphatic rings. The van der Waals surface area contributed by atoms with Crippen molar-refractivity contribution in [2.24, 2.45) is 0 Å². The lowest BCUT2D eigenvalue weighted by Crippen LogP contribution is -2.04.